The molecule has 0 saturated heterocycles. The third-order valence-corrected chi connectivity index (χ3v) is 4.74. The Morgan fingerprint density at radius 2 is 2.20 bits per heavy atom. The molecule has 1 aliphatic heterocycles. The van der Waals surface area contributed by atoms with Crippen LogP contribution in [0.5, 0.6) is 0 Å². The van der Waals surface area contributed by atoms with Crippen molar-refractivity contribution in [1.82, 2.24) is 5.32 Å². The Balaban J connectivity index is 1.75. The molecule has 1 heterocycles. The zero-order valence-corrected chi connectivity index (χ0v) is 9.96. The molecule has 0 bridgehead atoms. The van der Waals surface area contributed by atoms with Crippen LogP contribution in [-0.2, 0) is 9.84 Å². The van der Waals surface area contributed by atoms with E-state index in [2.05, 4.69) is 12.2 Å². The third-order valence-electron chi connectivity index (χ3n) is 3.34. The molecular weight excluding hydrogens is 210 g/mol. The van der Waals surface area contributed by atoms with Crippen LogP contribution >= 0.6 is 0 Å². The molecule has 0 radical (unpaired) electrons. The lowest BCUT2D eigenvalue weighted by Crippen LogP contribution is -2.38. The fourth-order valence-corrected chi connectivity index (χ4v) is 3.59. The summed E-state index contributed by atoms with van der Waals surface area (Å²) in [6.45, 7) is 2.15. The quantitative estimate of drug-likeness (QED) is 0.794. The second-order valence-corrected chi connectivity index (χ2v) is 6.80. The summed E-state index contributed by atoms with van der Waals surface area (Å²) in [7, 11) is -2.90. The lowest BCUT2D eigenvalue weighted by molar-refractivity contribution is 0.263. The standard InChI is InChI=1S/C11H19NO2S/c1-9(7-10-3-2-4-10)12-11-5-6-15(13,14)8-11/h5-6,9-12H,2-4,7-8H2,1H3. The fourth-order valence-electron chi connectivity index (χ4n) is 2.34. The van der Waals surface area contributed by atoms with E-state index in [1.54, 1.807) is 6.08 Å². The Hall–Kier alpha value is -0.350. The van der Waals surface area contributed by atoms with E-state index in [-0.39, 0.29) is 11.8 Å². The van der Waals surface area contributed by atoms with Crippen LogP contribution in [-0.4, -0.2) is 26.3 Å². The van der Waals surface area contributed by atoms with E-state index in [1.165, 1.54) is 31.1 Å². The van der Waals surface area contributed by atoms with E-state index >= 15 is 0 Å². The molecule has 0 aromatic carbocycles. The highest BCUT2D eigenvalue weighted by atomic mass is 32.2. The zero-order chi connectivity index (χ0) is 10.9. The summed E-state index contributed by atoms with van der Waals surface area (Å²) in [6, 6.07) is 0.461. The second kappa shape index (κ2) is 4.26. The predicted molar refractivity (Wildman–Crippen MR) is 61.3 cm³/mol. The Labute approximate surface area is 91.9 Å². The van der Waals surface area contributed by atoms with E-state index in [4.69, 9.17) is 0 Å². The highest BCUT2D eigenvalue weighted by molar-refractivity contribution is 7.94. The number of nitrogens with one attached hydrogen (secondary N) is 1. The van der Waals surface area contributed by atoms with Crippen molar-refractivity contribution in [2.75, 3.05) is 5.75 Å². The first-order valence-electron chi connectivity index (χ1n) is 5.72. The van der Waals surface area contributed by atoms with Gasteiger partial charge < -0.3 is 5.32 Å². The smallest absolute Gasteiger partial charge is 0.173 e. The molecule has 0 amide bonds. The Morgan fingerprint density at radius 1 is 1.47 bits per heavy atom. The summed E-state index contributed by atoms with van der Waals surface area (Å²) in [5.41, 5.74) is 0. The molecule has 1 aliphatic carbocycles. The van der Waals surface area contributed by atoms with Crippen LogP contribution in [0.3, 0.4) is 0 Å². The summed E-state index contributed by atoms with van der Waals surface area (Å²) >= 11 is 0. The topological polar surface area (TPSA) is 46.2 Å². The summed E-state index contributed by atoms with van der Waals surface area (Å²) < 4.78 is 22.4. The van der Waals surface area contributed by atoms with Crippen molar-refractivity contribution in [2.45, 2.75) is 44.7 Å². The number of rotatable bonds is 4. The van der Waals surface area contributed by atoms with Crippen molar-refractivity contribution in [2.24, 2.45) is 5.92 Å². The first-order valence-corrected chi connectivity index (χ1v) is 7.44. The van der Waals surface area contributed by atoms with Crippen molar-refractivity contribution in [3.8, 4) is 0 Å². The van der Waals surface area contributed by atoms with Gasteiger partial charge in [0.15, 0.2) is 9.84 Å². The molecule has 2 aliphatic rings. The van der Waals surface area contributed by atoms with Crippen molar-refractivity contribution in [3.05, 3.63) is 11.5 Å². The summed E-state index contributed by atoms with van der Waals surface area (Å²) in [5, 5.41) is 4.70. The van der Waals surface area contributed by atoms with E-state index in [1.807, 2.05) is 0 Å². The monoisotopic (exact) mass is 229 g/mol. The Bertz CT molecular complexity index is 344. The molecule has 2 unspecified atom stereocenters. The third kappa shape index (κ3) is 3.05. The van der Waals surface area contributed by atoms with Crippen LogP contribution < -0.4 is 5.32 Å². The molecule has 0 aromatic heterocycles. The van der Waals surface area contributed by atoms with Gasteiger partial charge in [-0.05, 0) is 19.3 Å². The van der Waals surface area contributed by atoms with Crippen molar-refractivity contribution >= 4 is 9.84 Å². The molecule has 86 valence electrons. The van der Waals surface area contributed by atoms with Crippen LogP contribution in [0, 0.1) is 5.92 Å². The van der Waals surface area contributed by atoms with Crippen LogP contribution in [0.4, 0.5) is 0 Å². The minimum atomic E-state index is -2.90. The van der Waals surface area contributed by atoms with Crippen molar-refractivity contribution in [3.63, 3.8) is 0 Å². The van der Waals surface area contributed by atoms with Gasteiger partial charge in [-0.15, -0.1) is 0 Å². The van der Waals surface area contributed by atoms with Crippen LogP contribution in [0.25, 0.3) is 0 Å². The normalized spacial score (nSPS) is 31.4. The average molecular weight is 229 g/mol. The van der Waals surface area contributed by atoms with Gasteiger partial charge in [0, 0.05) is 17.5 Å². The van der Waals surface area contributed by atoms with Gasteiger partial charge in [0.25, 0.3) is 0 Å². The number of hydrogen-bond donors (Lipinski definition) is 1. The first kappa shape index (κ1) is 11.1. The number of hydrogen-bond acceptors (Lipinski definition) is 3. The summed E-state index contributed by atoms with van der Waals surface area (Å²) in [4.78, 5) is 0. The lowest BCUT2D eigenvalue weighted by Gasteiger charge is -2.29. The summed E-state index contributed by atoms with van der Waals surface area (Å²) in [6.07, 6.45) is 7.03. The van der Waals surface area contributed by atoms with E-state index in [9.17, 15) is 8.42 Å². The molecule has 2 rings (SSSR count). The van der Waals surface area contributed by atoms with Gasteiger partial charge in [0.05, 0.1) is 5.75 Å². The van der Waals surface area contributed by atoms with E-state index in [0.717, 1.165) is 5.92 Å². The average Bonchev–Trinajstić information content (AvgIpc) is 2.38. The fraction of sp³-hybridized carbons (Fsp3) is 0.818. The molecule has 15 heavy (non-hydrogen) atoms. The van der Waals surface area contributed by atoms with Crippen LogP contribution in [0.1, 0.15) is 32.6 Å². The van der Waals surface area contributed by atoms with E-state index in [0.29, 0.717) is 6.04 Å². The van der Waals surface area contributed by atoms with Gasteiger partial charge in [-0.2, -0.15) is 0 Å². The minimum Gasteiger partial charge on any atom is -0.307 e. The highest BCUT2D eigenvalue weighted by Crippen LogP contribution is 2.30. The molecule has 1 N–H and O–H groups in total. The molecule has 0 aromatic rings. The SMILES string of the molecule is CC(CC1CCC1)NC1C=CS(=O)(=O)C1. The van der Waals surface area contributed by atoms with Gasteiger partial charge in [-0.1, -0.05) is 25.3 Å². The molecule has 1 saturated carbocycles. The number of sulfone groups is 1. The van der Waals surface area contributed by atoms with Gasteiger partial charge in [-0.25, -0.2) is 8.42 Å². The van der Waals surface area contributed by atoms with Crippen molar-refractivity contribution in [1.29, 1.82) is 0 Å². The van der Waals surface area contributed by atoms with E-state index < -0.39 is 9.84 Å². The molecular formula is C11H19NO2S. The van der Waals surface area contributed by atoms with Gasteiger partial charge >= 0.3 is 0 Å². The van der Waals surface area contributed by atoms with Gasteiger partial charge in [0.1, 0.15) is 0 Å². The summed E-state index contributed by atoms with van der Waals surface area (Å²) in [5.74, 6) is 1.11. The zero-order valence-electron chi connectivity index (χ0n) is 9.15. The first-order chi connectivity index (χ1) is 7.05. The molecule has 4 heteroatoms. The molecule has 3 nitrogen and oxygen atoms in total. The van der Waals surface area contributed by atoms with Crippen LogP contribution in [0.2, 0.25) is 0 Å². The molecule has 1 fully saturated rings. The Kier molecular flexibility index (Phi) is 3.16. The maximum Gasteiger partial charge on any atom is 0.173 e. The Morgan fingerprint density at radius 3 is 2.67 bits per heavy atom. The maximum absolute atomic E-state index is 11.2. The predicted octanol–water partition coefficient (Wildman–Crippen LogP) is 1.47. The molecule has 2 atom stereocenters. The maximum atomic E-state index is 11.2. The molecule has 0 spiro atoms. The van der Waals surface area contributed by atoms with Gasteiger partial charge in [0.2, 0.25) is 0 Å². The van der Waals surface area contributed by atoms with Gasteiger partial charge in [-0.3, -0.25) is 0 Å². The van der Waals surface area contributed by atoms with Crippen LogP contribution in [0.15, 0.2) is 11.5 Å². The lowest BCUT2D eigenvalue weighted by atomic mass is 9.81. The minimum absolute atomic E-state index is 0.0325. The van der Waals surface area contributed by atoms with Crippen molar-refractivity contribution < 1.29 is 8.42 Å². The second-order valence-electron chi connectivity index (χ2n) is 4.86. The largest absolute Gasteiger partial charge is 0.307 e. The highest BCUT2D eigenvalue weighted by Gasteiger charge is 2.25.